The summed E-state index contributed by atoms with van der Waals surface area (Å²) in [7, 11) is -0.729. The van der Waals surface area contributed by atoms with Crippen LogP contribution in [0, 0.1) is 0 Å². The zero-order valence-electron chi connectivity index (χ0n) is 10.0. The van der Waals surface area contributed by atoms with Crippen molar-refractivity contribution in [1.29, 1.82) is 0 Å². The molecule has 0 spiro atoms. The topological polar surface area (TPSA) is 29.1 Å². The van der Waals surface area contributed by atoms with Crippen LogP contribution in [0.5, 0.6) is 0 Å². The van der Waals surface area contributed by atoms with Gasteiger partial charge < -0.3 is 5.32 Å². The molecule has 0 aromatic heterocycles. The van der Waals surface area contributed by atoms with Crippen molar-refractivity contribution in [2.24, 2.45) is 0 Å². The molecule has 0 heterocycles. The lowest BCUT2D eigenvalue weighted by molar-refractivity contribution is 0.535. The monoisotopic (exact) mass is 293 g/mol. The lowest BCUT2D eigenvalue weighted by atomic mass is 10.2. The van der Waals surface area contributed by atoms with Crippen LogP contribution in [0.15, 0.2) is 18.2 Å². The SMILES string of the molecule is CC(CCS(C)=O)NCc1cc(Cl)ccc1Cl. The number of hydrogen-bond donors (Lipinski definition) is 1. The van der Waals surface area contributed by atoms with Gasteiger partial charge >= 0.3 is 0 Å². The lowest BCUT2D eigenvalue weighted by Crippen LogP contribution is -2.27. The zero-order valence-corrected chi connectivity index (χ0v) is 12.3. The van der Waals surface area contributed by atoms with Gasteiger partial charge in [-0.15, -0.1) is 0 Å². The molecular formula is C12H17Cl2NOS. The second kappa shape index (κ2) is 7.37. The molecular weight excluding hydrogens is 277 g/mol. The Morgan fingerprint density at radius 1 is 1.41 bits per heavy atom. The molecule has 0 aliphatic carbocycles. The highest BCUT2D eigenvalue weighted by Crippen LogP contribution is 2.20. The van der Waals surface area contributed by atoms with Crippen molar-refractivity contribution < 1.29 is 4.21 Å². The summed E-state index contributed by atoms with van der Waals surface area (Å²) in [6.45, 7) is 2.75. The van der Waals surface area contributed by atoms with Gasteiger partial charge in [0.05, 0.1) is 0 Å². The molecule has 2 nitrogen and oxygen atoms in total. The van der Waals surface area contributed by atoms with Crippen LogP contribution in [0.4, 0.5) is 0 Å². The van der Waals surface area contributed by atoms with Gasteiger partial charge in [0.2, 0.25) is 0 Å². The Hall–Kier alpha value is -0.0900. The molecule has 1 aromatic rings. The van der Waals surface area contributed by atoms with Crippen molar-refractivity contribution in [3.8, 4) is 0 Å². The Morgan fingerprint density at radius 2 is 2.12 bits per heavy atom. The molecule has 17 heavy (non-hydrogen) atoms. The van der Waals surface area contributed by atoms with E-state index < -0.39 is 10.8 Å². The fraction of sp³-hybridized carbons (Fsp3) is 0.500. The highest BCUT2D eigenvalue weighted by Gasteiger charge is 2.05. The van der Waals surface area contributed by atoms with Crippen LogP contribution >= 0.6 is 23.2 Å². The third-order valence-electron chi connectivity index (χ3n) is 2.49. The minimum atomic E-state index is -0.729. The third kappa shape index (κ3) is 5.87. The van der Waals surface area contributed by atoms with Gasteiger partial charge in [0.1, 0.15) is 0 Å². The second-order valence-corrected chi connectivity index (χ2v) is 6.48. The highest BCUT2D eigenvalue weighted by molar-refractivity contribution is 7.84. The second-order valence-electron chi connectivity index (χ2n) is 4.08. The van der Waals surface area contributed by atoms with Gasteiger partial charge in [-0.3, -0.25) is 4.21 Å². The molecule has 1 aromatic carbocycles. The maximum atomic E-state index is 11.0. The first-order valence-electron chi connectivity index (χ1n) is 5.46. The average molecular weight is 294 g/mol. The quantitative estimate of drug-likeness (QED) is 0.872. The summed E-state index contributed by atoms with van der Waals surface area (Å²) in [6.07, 6.45) is 2.61. The normalized spacial score (nSPS) is 14.6. The molecule has 1 N–H and O–H groups in total. The maximum Gasteiger partial charge on any atom is 0.0451 e. The molecule has 0 saturated heterocycles. The highest BCUT2D eigenvalue weighted by atomic mass is 35.5. The summed E-state index contributed by atoms with van der Waals surface area (Å²) in [5.74, 6) is 0.720. The Balaban J connectivity index is 2.44. The molecule has 0 bridgehead atoms. The average Bonchev–Trinajstić information content (AvgIpc) is 2.27. The number of hydrogen-bond acceptors (Lipinski definition) is 2. The van der Waals surface area contributed by atoms with E-state index in [2.05, 4.69) is 12.2 Å². The first-order chi connectivity index (χ1) is 7.99. The van der Waals surface area contributed by atoms with E-state index in [-0.39, 0.29) is 0 Å². The van der Waals surface area contributed by atoms with Gasteiger partial charge in [0, 0.05) is 45.4 Å². The fourth-order valence-corrected chi connectivity index (χ4v) is 2.47. The Labute approximate surface area is 115 Å². The van der Waals surface area contributed by atoms with E-state index in [0.717, 1.165) is 17.7 Å². The van der Waals surface area contributed by atoms with Crippen LogP contribution in [0.3, 0.4) is 0 Å². The molecule has 0 aliphatic heterocycles. The van der Waals surface area contributed by atoms with Crippen LogP contribution in [-0.4, -0.2) is 22.3 Å². The van der Waals surface area contributed by atoms with Crippen molar-refractivity contribution >= 4 is 34.0 Å². The summed E-state index contributed by atoms with van der Waals surface area (Å²) in [6, 6.07) is 5.75. The van der Waals surface area contributed by atoms with E-state index in [1.165, 1.54) is 0 Å². The molecule has 0 saturated carbocycles. The summed E-state index contributed by atoms with van der Waals surface area (Å²) in [5.41, 5.74) is 0.989. The van der Waals surface area contributed by atoms with E-state index in [9.17, 15) is 4.21 Å². The van der Waals surface area contributed by atoms with E-state index >= 15 is 0 Å². The molecule has 5 heteroatoms. The van der Waals surface area contributed by atoms with Gasteiger partial charge in [-0.25, -0.2) is 0 Å². The van der Waals surface area contributed by atoms with Crippen molar-refractivity contribution in [2.75, 3.05) is 12.0 Å². The van der Waals surface area contributed by atoms with E-state index in [0.29, 0.717) is 22.6 Å². The fourth-order valence-electron chi connectivity index (χ4n) is 1.41. The molecule has 0 radical (unpaired) electrons. The molecule has 0 fully saturated rings. The van der Waals surface area contributed by atoms with Crippen LogP contribution in [0.2, 0.25) is 10.0 Å². The largest absolute Gasteiger partial charge is 0.310 e. The van der Waals surface area contributed by atoms with Crippen molar-refractivity contribution in [2.45, 2.75) is 25.9 Å². The summed E-state index contributed by atoms with van der Waals surface area (Å²) >= 11 is 12.0. The molecule has 96 valence electrons. The van der Waals surface area contributed by atoms with Crippen LogP contribution in [-0.2, 0) is 17.3 Å². The first kappa shape index (κ1) is 15.0. The van der Waals surface area contributed by atoms with Gasteiger partial charge in [0.25, 0.3) is 0 Å². The zero-order chi connectivity index (χ0) is 12.8. The van der Waals surface area contributed by atoms with E-state index in [1.54, 1.807) is 18.4 Å². The number of halogens is 2. The van der Waals surface area contributed by atoms with E-state index in [1.807, 2.05) is 6.07 Å². The predicted molar refractivity (Wildman–Crippen MR) is 76.3 cm³/mol. The molecule has 0 aliphatic rings. The number of benzene rings is 1. The standard InChI is InChI=1S/C12H17Cl2NOS/c1-9(5-6-17(2)16)15-8-10-7-11(13)3-4-12(10)14/h3-4,7,9,15H,5-6,8H2,1-2H3. The van der Waals surface area contributed by atoms with Crippen LogP contribution < -0.4 is 5.32 Å². The van der Waals surface area contributed by atoms with Crippen molar-refractivity contribution in [3.05, 3.63) is 33.8 Å². The predicted octanol–water partition coefficient (Wildman–Crippen LogP) is 3.24. The smallest absolute Gasteiger partial charge is 0.0451 e. The Morgan fingerprint density at radius 3 is 2.76 bits per heavy atom. The number of rotatable bonds is 6. The van der Waals surface area contributed by atoms with Gasteiger partial charge in [-0.1, -0.05) is 23.2 Å². The van der Waals surface area contributed by atoms with Crippen molar-refractivity contribution in [1.82, 2.24) is 5.32 Å². The Bertz CT molecular complexity index is 398. The van der Waals surface area contributed by atoms with Gasteiger partial charge in [-0.2, -0.15) is 0 Å². The lowest BCUT2D eigenvalue weighted by Gasteiger charge is -2.14. The van der Waals surface area contributed by atoms with Crippen molar-refractivity contribution in [3.63, 3.8) is 0 Å². The molecule has 2 unspecified atom stereocenters. The molecule has 1 rings (SSSR count). The van der Waals surface area contributed by atoms with Crippen LogP contribution in [0.1, 0.15) is 18.9 Å². The van der Waals surface area contributed by atoms with E-state index in [4.69, 9.17) is 23.2 Å². The minimum absolute atomic E-state index is 0.314. The van der Waals surface area contributed by atoms with Gasteiger partial charge in [-0.05, 0) is 37.1 Å². The summed E-state index contributed by atoms with van der Waals surface area (Å²) in [4.78, 5) is 0. The third-order valence-corrected chi connectivity index (χ3v) is 3.90. The summed E-state index contributed by atoms with van der Waals surface area (Å²) in [5, 5.41) is 4.75. The maximum absolute atomic E-state index is 11.0. The Kier molecular flexibility index (Phi) is 6.49. The van der Waals surface area contributed by atoms with Crippen LogP contribution in [0.25, 0.3) is 0 Å². The summed E-state index contributed by atoms with van der Waals surface area (Å²) < 4.78 is 11.0. The number of nitrogens with one attached hydrogen (secondary N) is 1. The van der Waals surface area contributed by atoms with Gasteiger partial charge in [0.15, 0.2) is 0 Å². The first-order valence-corrected chi connectivity index (χ1v) is 7.94. The molecule has 0 amide bonds. The minimum Gasteiger partial charge on any atom is -0.310 e. The molecule has 2 atom stereocenters.